The molecule has 138 valence electrons. The minimum Gasteiger partial charge on any atom is -0.423 e. The molecule has 0 atom stereocenters. The van der Waals surface area contributed by atoms with E-state index in [1.807, 2.05) is 0 Å². The fourth-order valence-electron chi connectivity index (χ4n) is 2.31. The summed E-state index contributed by atoms with van der Waals surface area (Å²) in [6.45, 7) is 2.58. The Hall–Kier alpha value is -3.86. The van der Waals surface area contributed by atoms with E-state index in [-0.39, 0.29) is 17.2 Å². The highest BCUT2D eigenvalue weighted by molar-refractivity contribution is 6.11. The first-order valence-electron chi connectivity index (χ1n) is 7.95. The number of nitrogens with one attached hydrogen (secondary N) is 2. The second kappa shape index (κ2) is 8.49. The Kier molecular flexibility index (Phi) is 6.12. The maximum atomic E-state index is 12.6. The van der Waals surface area contributed by atoms with Crippen molar-refractivity contribution in [1.82, 2.24) is 4.57 Å². The summed E-state index contributed by atoms with van der Waals surface area (Å²) < 4.78 is 6.77. The van der Waals surface area contributed by atoms with E-state index in [4.69, 9.17) is 4.74 Å². The predicted octanol–water partition coefficient (Wildman–Crippen LogP) is 2.42. The number of aryl methyl sites for hydroxylation is 1. The Morgan fingerprint density at radius 2 is 1.63 bits per heavy atom. The van der Waals surface area contributed by atoms with E-state index in [1.54, 1.807) is 60.3 Å². The number of carbonyl (C=O) groups is 3. The minimum absolute atomic E-state index is 0.120. The number of rotatable bonds is 5. The number of carbonyl (C=O) groups excluding carboxylic acids is 3. The highest BCUT2D eigenvalue weighted by Gasteiger charge is 2.22. The molecular formula is C19H18N4O4. The molecule has 27 heavy (non-hydrogen) atoms. The lowest BCUT2D eigenvalue weighted by atomic mass is 10.1. The molecule has 0 aliphatic carbocycles. The monoisotopic (exact) mass is 366 g/mol. The SMILES string of the molecule is CC(=O)Nc1ccc(NC(=O)/C(C#N)=C(/OC(C)=O)c2cccn2C)cc1. The number of esters is 1. The molecule has 0 saturated carbocycles. The van der Waals surface area contributed by atoms with Gasteiger partial charge in [0.15, 0.2) is 11.3 Å². The van der Waals surface area contributed by atoms with Crippen molar-refractivity contribution in [2.24, 2.45) is 7.05 Å². The van der Waals surface area contributed by atoms with Crippen LogP contribution in [0.3, 0.4) is 0 Å². The summed E-state index contributed by atoms with van der Waals surface area (Å²) >= 11 is 0. The average Bonchev–Trinajstić information content (AvgIpc) is 3.01. The van der Waals surface area contributed by atoms with E-state index in [2.05, 4.69) is 10.6 Å². The van der Waals surface area contributed by atoms with Crippen LogP contribution in [-0.2, 0) is 26.2 Å². The lowest BCUT2D eigenvalue weighted by Gasteiger charge is -2.12. The molecule has 2 N–H and O–H groups in total. The molecule has 1 heterocycles. The maximum absolute atomic E-state index is 12.6. The fraction of sp³-hybridized carbons (Fsp3) is 0.158. The van der Waals surface area contributed by atoms with Crippen molar-refractivity contribution in [2.45, 2.75) is 13.8 Å². The van der Waals surface area contributed by atoms with Crippen molar-refractivity contribution in [3.63, 3.8) is 0 Å². The van der Waals surface area contributed by atoms with Crippen LogP contribution in [0.4, 0.5) is 11.4 Å². The number of hydrogen-bond acceptors (Lipinski definition) is 5. The van der Waals surface area contributed by atoms with Crippen LogP contribution < -0.4 is 10.6 Å². The molecular weight excluding hydrogens is 348 g/mol. The van der Waals surface area contributed by atoms with Gasteiger partial charge in [-0.25, -0.2) is 0 Å². The first kappa shape index (κ1) is 19.5. The maximum Gasteiger partial charge on any atom is 0.308 e. The molecule has 2 rings (SSSR count). The number of anilines is 2. The topological polar surface area (TPSA) is 113 Å². The normalized spacial score (nSPS) is 11.0. The predicted molar refractivity (Wildman–Crippen MR) is 99.1 cm³/mol. The summed E-state index contributed by atoms with van der Waals surface area (Å²) in [6.07, 6.45) is 1.70. The standard InChI is InChI=1S/C19H18N4O4/c1-12(24)21-14-6-8-15(9-7-14)22-19(26)16(11-20)18(27-13(2)25)17-5-4-10-23(17)3/h4-10H,1-3H3,(H,21,24)(H,22,26)/b18-16+. The van der Waals surface area contributed by atoms with Gasteiger partial charge in [0.1, 0.15) is 6.07 Å². The number of hydrogen-bond donors (Lipinski definition) is 2. The van der Waals surface area contributed by atoms with E-state index in [0.717, 1.165) is 0 Å². The molecule has 0 aliphatic rings. The quantitative estimate of drug-likeness (QED) is 0.365. The van der Waals surface area contributed by atoms with Gasteiger partial charge in [-0.3, -0.25) is 14.4 Å². The van der Waals surface area contributed by atoms with Crippen molar-refractivity contribution in [3.8, 4) is 6.07 Å². The lowest BCUT2D eigenvalue weighted by Crippen LogP contribution is -2.17. The molecule has 8 heteroatoms. The smallest absolute Gasteiger partial charge is 0.308 e. The molecule has 0 fully saturated rings. The highest BCUT2D eigenvalue weighted by Crippen LogP contribution is 2.22. The summed E-state index contributed by atoms with van der Waals surface area (Å²) in [5, 5.41) is 14.7. The zero-order chi connectivity index (χ0) is 20.0. The second-order valence-electron chi connectivity index (χ2n) is 5.63. The zero-order valence-electron chi connectivity index (χ0n) is 15.1. The molecule has 2 aromatic rings. The molecule has 0 spiro atoms. The summed E-state index contributed by atoms with van der Waals surface area (Å²) in [5.74, 6) is -1.70. The van der Waals surface area contributed by atoms with Crippen molar-refractivity contribution >= 4 is 34.9 Å². The third kappa shape index (κ3) is 5.06. The van der Waals surface area contributed by atoms with Gasteiger partial charge in [0.05, 0.1) is 5.69 Å². The lowest BCUT2D eigenvalue weighted by molar-refractivity contribution is -0.134. The van der Waals surface area contributed by atoms with Crippen molar-refractivity contribution in [2.75, 3.05) is 10.6 Å². The first-order chi connectivity index (χ1) is 12.8. The fourth-order valence-corrected chi connectivity index (χ4v) is 2.31. The molecule has 1 aromatic carbocycles. The molecule has 1 aromatic heterocycles. The van der Waals surface area contributed by atoms with Gasteiger partial charge in [-0.15, -0.1) is 0 Å². The molecule has 0 unspecified atom stereocenters. The molecule has 0 aliphatic heterocycles. The zero-order valence-corrected chi connectivity index (χ0v) is 15.1. The van der Waals surface area contributed by atoms with Crippen LogP contribution in [0.5, 0.6) is 0 Å². The van der Waals surface area contributed by atoms with Crippen molar-refractivity contribution < 1.29 is 19.1 Å². The summed E-state index contributed by atoms with van der Waals surface area (Å²) in [4.78, 5) is 35.1. The van der Waals surface area contributed by atoms with Crippen LogP contribution >= 0.6 is 0 Å². The number of ether oxygens (including phenoxy) is 1. The second-order valence-corrected chi connectivity index (χ2v) is 5.63. The van der Waals surface area contributed by atoms with Gasteiger partial charge in [-0.1, -0.05) is 0 Å². The van der Waals surface area contributed by atoms with E-state index in [1.165, 1.54) is 13.8 Å². The van der Waals surface area contributed by atoms with Gasteiger partial charge < -0.3 is 19.9 Å². The van der Waals surface area contributed by atoms with Crippen molar-refractivity contribution in [3.05, 3.63) is 53.9 Å². The Morgan fingerprint density at radius 1 is 1.04 bits per heavy atom. The Bertz CT molecular complexity index is 949. The largest absolute Gasteiger partial charge is 0.423 e. The number of nitriles is 1. The van der Waals surface area contributed by atoms with E-state index in [9.17, 15) is 19.6 Å². The molecule has 8 nitrogen and oxygen atoms in total. The summed E-state index contributed by atoms with van der Waals surface area (Å²) in [6, 6.07) is 11.5. The number of aromatic nitrogens is 1. The van der Waals surface area contributed by atoms with Crippen molar-refractivity contribution in [1.29, 1.82) is 5.26 Å². The molecule has 2 amide bonds. The molecule has 0 bridgehead atoms. The van der Waals surface area contributed by atoms with Crippen LogP contribution in [0, 0.1) is 11.3 Å². The van der Waals surface area contributed by atoms with Gasteiger partial charge in [-0.05, 0) is 36.4 Å². The van der Waals surface area contributed by atoms with Gasteiger partial charge in [-0.2, -0.15) is 5.26 Å². The van der Waals surface area contributed by atoms with Crippen LogP contribution in [0.1, 0.15) is 19.5 Å². The van der Waals surface area contributed by atoms with E-state index < -0.39 is 11.9 Å². The number of nitrogens with zero attached hydrogens (tertiary/aromatic N) is 2. The molecule has 0 radical (unpaired) electrons. The first-order valence-corrected chi connectivity index (χ1v) is 7.95. The van der Waals surface area contributed by atoms with Gasteiger partial charge in [0.2, 0.25) is 5.91 Å². The Labute approximate surface area is 156 Å². The van der Waals surface area contributed by atoms with Crippen LogP contribution in [0.2, 0.25) is 0 Å². The van der Waals surface area contributed by atoms with Crippen LogP contribution in [0.15, 0.2) is 48.2 Å². The number of benzene rings is 1. The third-order valence-electron chi connectivity index (χ3n) is 3.45. The minimum atomic E-state index is -0.720. The van der Waals surface area contributed by atoms with Crippen LogP contribution in [-0.4, -0.2) is 22.4 Å². The van der Waals surface area contributed by atoms with E-state index in [0.29, 0.717) is 17.1 Å². The summed E-state index contributed by atoms with van der Waals surface area (Å²) in [5.41, 5.74) is 1.06. The summed E-state index contributed by atoms with van der Waals surface area (Å²) in [7, 11) is 1.70. The Balaban J connectivity index is 2.33. The Morgan fingerprint density at radius 3 is 2.07 bits per heavy atom. The highest BCUT2D eigenvalue weighted by atomic mass is 16.5. The van der Waals surface area contributed by atoms with Gasteiger partial charge >= 0.3 is 5.97 Å². The van der Waals surface area contributed by atoms with E-state index >= 15 is 0 Å². The third-order valence-corrected chi connectivity index (χ3v) is 3.45. The molecule has 0 saturated heterocycles. The van der Waals surface area contributed by atoms with Gasteiger partial charge in [0, 0.05) is 38.5 Å². The van der Waals surface area contributed by atoms with Crippen LogP contribution in [0.25, 0.3) is 5.76 Å². The number of amides is 2. The van der Waals surface area contributed by atoms with Gasteiger partial charge in [0.25, 0.3) is 5.91 Å². The average molecular weight is 366 g/mol.